The summed E-state index contributed by atoms with van der Waals surface area (Å²) in [6, 6.07) is 14.4. The normalized spacial score (nSPS) is 10.3. The minimum atomic E-state index is -0.486. The quantitative estimate of drug-likeness (QED) is 0.704. The molecule has 0 radical (unpaired) electrons. The van der Waals surface area contributed by atoms with Crippen LogP contribution in [0.25, 0.3) is 0 Å². The van der Waals surface area contributed by atoms with Crippen molar-refractivity contribution in [2.45, 2.75) is 13.1 Å². The number of benzene rings is 1. The van der Waals surface area contributed by atoms with Crippen molar-refractivity contribution < 1.29 is 14.0 Å². The van der Waals surface area contributed by atoms with E-state index in [4.69, 9.17) is 0 Å². The lowest BCUT2D eigenvalue weighted by atomic mass is 10.2. The van der Waals surface area contributed by atoms with Crippen LogP contribution in [-0.2, 0) is 13.1 Å². The zero-order chi connectivity index (χ0) is 19.1. The molecule has 2 N–H and O–H groups in total. The summed E-state index contributed by atoms with van der Waals surface area (Å²) >= 11 is 0. The first-order chi connectivity index (χ1) is 13.1. The maximum Gasteiger partial charge on any atom is 0.270 e. The van der Waals surface area contributed by atoms with Gasteiger partial charge in [-0.05, 0) is 29.8 Å². The second-order valence-electron chi connectivity index (χ2n) is 5.73. The first kappa shape index (κ1) is 18.2. The molecule has 27 heavy (non-hydrogen) atoms. The number of carbonyl (C=O) groups is 2. The van der Waals surface area contributed by atoms with Gasteiger partial charge in [-0.1, -0.05) is 30.3 Å². The van der Waals surface area contributed by atoms with Crippen LogP contribution in [-0.4, -0.2) is 21.8 Å². The van der Waals surface area contributed by atoms with E-state index >= 15 is 0 Å². The average Bonchev–Trinajstić information content (AvgIpc) is 2.72. The van der Waals surface area contributed by atoms with Crippen molar-refractivity contribution >= 4 is 11.8 Å². The Balaban J connectivity index is 1.61. The third kappa shape index (κ3) is 4.94. The Kier molecular flexibility index (Phi) is 5.84. The summed E-state index contributed by atoms with van der Waals surface area (Å²) in [6.07, 6.45) is 3.30. The van der Waals surface area contributed by atoms with E-state index in [2.05, 4.69) is 20.6 Å². The van der Waals surface area contributed by atoms with E-state index in [9.17, 15) is 14.0 Å². The van der Waals surface area contributed by atoms with Crippen molar-refractivity contribution in [3.8, 4) is 0 Å². The maximum atomic E-state index is 13.6. The Morgan fingerprint density at radius 1 is 0.852 bits per heavy atom. The van der Waals surface area contributed by atoms with E-state index in [1.165, 1.54) is 18.2 Å². The fraction of sp³-hybridized carbons (Fsp3) is 0.100. The summed E-state index contributed by atoms with van der Waals surface area (Å²) in [6.45, 7) is 0.336. The molecule has 0 saturated carbocycles. The van der Waals surface area contributed by atoms with Crippen LogP contribution in [0.15, 0.2) is 67.0 Å². The van der Waals surface area contributed by atoms with E-state index in [0.29, 0.717) is 12.1 Å². The number of pyridine rings is 2. The predicted molar refractivity (Wildman–Crippen MR) is 97.2 cm³/mol. The highest BCUT2D eigenvalue weighted by Gasteiger charge is 2.13. The van der Waals surface area contributed by atoms with Crippen LogP contribution in [0.5, 0.6) is 0 Å². The Labute approximate surface area is 155 Å². The van der Waals surface area contributed by atoms with Crippen molar-refractivity contribution in [1.82, 2.24) is 20.6 Å². The molecule has 0 aliphatic rings. The topological polar surface area (TPSA) is 84.0 Å². The van der Waals surface area contributed by atoms with Crippen molar-refractivity contribution in [2.75, 3.05) is 0 Å². The average molecular weight is 364 g/mol. The molecule has 1 aromatic carbocycles. The Bertz CT molecular complexity index is 947. The van der Waals surface area contributed by atoms with E-state index in [1.807, 2.05) is 6.07 Å². The van der Waals surface area contributed by atoms with Gasteiger partial charge < -0.3 is 10.6 Å². The Morgan fingerprint density at radius 3 is 2.22 bits per heavy atom. The zero-order valence-electron chi connectivity index (χ0n) is 14.4. The summed E-state index contributed by atoms with van der Waals surface area (Å²) < 4.78 is 13.6. The monoisotopic (exact) mass is 364 g/mol. The van der Waals surface area contributed by atoms with Crippen molar-refractivity contribution in [3.63, 3.8) is 0 Å². The van der Waals surface area contributed by atoms with Crippen LogP contribution in [0, 0.1) is 5.82 Å². The first-order valence-electron chi connectivity index (χ1n) is 8.29. The van der Waals surface area contributed by atoms with Crippen LogP contribution < -0.4 is 10.6 Å². The molecular formula is C20H17FN4O2. The molecule has 0 aliphatic carbocycles. The standard InChI is InChI=1S/C20H17FN4O2/c21-16-7-2-1-6-15(16)13-24-20(27)18-9-3-8-17(25-18)19(26)23-12-14-5-4-10-22-11-14/h1-11H,12-13H2,(H,23,26)(H,24,27). The van der Waals surface area contributed by atoms with Crippen LogP contribution in [0.3, 0.4) is 0 Å². The number of hydrogen-bond donors (Lipinski definition) is 2. The van der Waals surface area contributed by atoms with Crippen molar-refractivity contribution in [2.24, 2.45) is 0 Å². The smallest absolute Gasteiger partial charge is 0.270 e. The van der Waals surface area contributed by atoms with Gasteiger partial charge in [0.05, 0.1) is 0 Å². The number of aromatic nitrogens is 2. The summed E-state index contributed by atoms with van der Waals surface area (Å²) in [5, 5.41) is 5.32. The highest BCUT2D eigenvalue weighted by molar-refractivity contribution is 5.96. The molecule has 0 aliphatic heterocycles. The largest absolute Gasteiger partial charge is 0.347 e. The Morgan fingerprint density at radius 2 is 1.56 bits per heavy atom. The van der Waals surface area contributed by atoms with Crippen LogP contribution >= 0.6 is 0 Å². The number of hydrogen-bond acceptors (Lipinski definition) is 4. The molecule has 3 aromatic rings. The van der Waals surface area contributed by atoms with E-state index < -0.39 is 17.6 Å². The number of nitrogens with zero attached hydrogens (tertiary/aromatic N) is 2. The molecule has 7 heteroatoms. The molecule has 0 bridgehead atoms. The second-order valence-corrected chi connectivity index (χ2v) is 5.73. The minimum Gasteiger partial charge on any atom is -0.347 e. The number of halogens is 1. The van der Waals surface area contributed by atoms with E-state index in [-0.39, 0.29) is 17.9 Å². The third-order valence-electron chi connectivity index (χ3n) is 3.79. The molecule has 0 saturated heterocycles. The van der Waals surface area contributed by atoms with Gasteiger partial charge in [-0.15, -0.1) is 0 Å². The van der Waals surface area contributed by atoms with Gasteiger partial charge in [-0.25, -0.2) is 9.37 Å². The molecule has 6 nitrogen and oxygen atoms in total. The van der Waals surface area contributed by atoms with Gasteiger partial charge in [-0.3, -0.25) is 14.6 Å². The Hall–Kier alpha value is -3.61. The van der Waals surface area contributed by atoms with Crippen LogP contribution in [0.4, 0.5) is 4.39 Å². The van der Waals surface area contributed by atoms with Gasteiger partial charge >= 0.3 is 0 Å². The molecular weight excluding hydrogens is 347 g/mol. The SMILES string of the molecule is O=C(NCc1cccnc1)c1cccc(C(=O)NCc2ccccc2F)n1. The van der Waals surface area contributed by atoms with Gasteiger partial charge in [0.2, 0.25) is 0 Å². The summed E-state index contributed by atoms with van der Waals surface area (Å²) in [4.78, 5) is 32.6. The lowest BCUT2D eigenvalue weighted by Crippen LogP contribution is -2.27. The lowest BCUT2D eigenvalue weighted by Gasteiger charge is -2.08. The molecule has 136 valence electrons. The third-order valence-corrected chi connectivity index (χ3v) is 3.79. The summed E-state index contributed by atoms with van der Waals surface area (Å²) in [7, 11) is 0. The van der Waals surface area contributed by atoms with Crippen LogP contribution in [0.2, 0.25) is 0 Å². The fourth-order valence-electron chi connectivity index (χ4n) is 2.37. The van der Waals surface area contributed by atoms with Gasteiger partial charge in [0.1, 0.15) is 17.2 Å². The molecule has 0 fully saturated rings. The van der Waals surface area contributed by atoms with Crippen molar-refractivity contribution in [3.05, 3.63) is 95.3 Å². The lowest BCUT2D eigenvalue weighted by molar-refractivity contribution is 0.0941. The number of amides is 2. The minimum absolute atomic E-state index is 0.0324. The zero-order valence-corrected chi connectivity index (χ0v) is 14.4. The van der Waals surface area contributed by atoms with E-state index in [1.54, 1.807) is 42.7 Å². The molecule has 2 heterocycles. The number of rotatable bonds is 6. The van der Waals surface area contributed by atoms with Gasteiger partial charge in [-0.2, -0.15) is 0 Å². The number of carbonyl (C=O) groups excluding carboxylic acids is 2. The molecule has 0 atom stereocenters. The second kappa shape index (κ2) is 8.66. The fourth-order valence-corrected chi connectivity index (χ4v) is 2.37. The van der Waals surface area contributed by atoms with E-state index in [0.717, 1.165) is 5.56 Å². The molecule has 3 rings (SSSR count). The number of nitrogens with one attached hydrogen (secondary N) is 2. The highest BCUT2D eigenvalue weighted by atomic mass is 19.1. The molecule has 0 spiro atoms. The molecule has 0 unspecified atom stereocenters. The van der Waals surface area contributed by atoms with Gasteiger partial charge in [0.25, 0.3) is 11.8 Å². The van der Waals surface area contributed by atoms with Gasteiger partial charge in [0.15, 0.2) is 0 Å². The first-order valence-corrected chi connectivity index (χ1v) is 8.29. The molecule has 2 amide bonds. The van der Waals surface area contributed by atoms with Crippen molar-refractivity contribution in [1.29, 1.82) is 0 Å². The predicted octanol–water partition coefficient (Wildman–Crippen LogP) is 2.48. The summed E-state index contributed by atoms with van der Waals surface area (Å²) in [5.41, 5.74) is 1.43. The highest BCUT2D eigenvalue weighted by Crippen LogP contribution is 2.07. The maximum absolute atomic E-state index is 13.6. The van der Waals surface area contributed by atoms with Gasteiger partial charge in [0, 0.05) is 31.0 Å². The van der Waals surface area contributed by atoms with Crippen LogP contribution in [0.1, 0.15) is 32.1 Å². The molecule has 2 aromatic heterocycles. The summed E-state index contributed by atoms with van der Waals surface area (Å²) in [5.74, 6) is -1.28.